The highest BCUT2D eigenvalue weighted by Crippen LogP contribution is 2.55. The van der Waals surface area contributed by atoms with Crippen molar-refractivity contribution in [3.63, 3.8) is 0 Å². The Bertz CT molecular complexity index is 2990. The molecule has 0 bridgehead atoms. The maximum absolute atomic E-state index is 6.48. The minimum atomic E-state index is -0.124. The SMILES string of the molecule is CC1(C)c2ccccc2-c2c(N(c3ccccc3C3=c4c(C5CCCCC5)cccc4=CCC3)c3ccccc3-c3ccc4c(c3)oc3ccccc34)cccc21. The van der Waals surface area contributed by atoms with Gasteiger partial charge in [0.2, 0.25) is 0 Å². The third-order valence-electron chi connectivity index (χ3n) is 13.4. The highest BCUT2D eigenvalue weighted by molar-refractivity contribution is 6.07. The molecule has 11 rings (SSSR count). The van der Waals surface area contributed by atoms with Crippen LogP contribution < -0.4 is 15.3 Å². The van der Waals surface area contributed by atoms with E-state index in [-0.39, 0.29) is 5.41 Å². The summed E-state index contributed by atoms with van der Waals surface area (Å²) in [5.74, 6) is 0.614. The molecule has 8 aromatic rings. The third kappa shape index (κ3) is 5.45. The van der Waals surface area contributed by atoms with E-state index in [0.29, 0.717) is 5.92 Å². The highest BCUT2D eigenvalue weighted by Gasteiger charge is 2.38. The van der Waals surface area contributed by atoms with Gasteiger partial charge in [-0.1, -0.05) is 154 Å². The number of nitrogens with zero attached hydrogens (tertiary/aromatic N) is 1. The van der Waals surface area contributed by atoms with Crippen LogP contribution in [0.4, 0.5) is 17.1 Å². The number of benzene rings is 7. The summed E-state index contributed by atoms with van der Waals surface area (Å²) in [6.07, 6.45) is 11.1. The predicted molar refractivity (Wildman–Crippen MR) is 239 cm³/mol. The Morgan fingerprint density at radius 2 is 1.23 bits per heavy atom. The minimum absolute atomic E-state index is 0.124. The van der Waals surface area contributed by atoms with E-state index in [2.05, 4.69) is 170 Å². The summed E-state index contributed by atoms with van der Waals surface area (Å²) in [5.41, 5.74) is 17.3. The zero-order chi connectivity index (χ0) is 38.1. The zero-order valence-corrected chi connectivity index (χ0v) is 32.9. The van der Waals surface area contributed by atoms with Gasteiger partial charge in [0.25, 0.3) is 0 Å². The summed E-state index contributed by atoms with van der Waals surface area (Å²) in [5, 5.41) is 5.18. The Hall–Kier alpha value is -6.12. The largest absolute Gasteiger partial charge is 0.456 e. The molecule has 0 spiro atoms. The Balaban J connectivity index is 1.20. The molecule has 2 heteroatoms. The van der Waals surface area contributed by atoms with Crippen molar-refractivity contribution >= 4 is 50.6 Å². The third-order valence-corrected chi connectivity index (χ3v) is 13.4. The molecule has 57 heavy (non-hydrogen) atoms. The van der Waals surface area contributed by atoms with Crippen molar-refractivity contribution in [2.45, 2.75) is 70.1 Å². The van der Waals surface area contributed by atoms with Gasteiger partial charge in [-0.05, 0) is 112 Å². The summed E-state index contributed by atoms with van der Waals surface area (Å²) in [4.78, 5) is 2.60. The van der Waals surface area contributed by atoms with E-state index in [0.717, 1.165) is 46.0 Å². The zero-order valence-electron chi connectivity index (χ0n) is 32.9. The average Bonchev–Trinajstić information content (AvgIpc) is 3.75. The van der Waals surface area contributed by atoms with E-state index in [1.54, 1.807) is 5.56 Å². The highest BCUT2D eigenvalue weighted by atomic mass is 16.3. The molecular weight excluding hydrogens is 691 g/mol. The van der Waals surface area contributed by atoms with E-state index in [1.807, 2.05) is 6.07 Å². The van der Waals surface area contributed by atoms with Crippen molar-refractivity contribution in [1.82, 2.24) is 0 Å². The lowest BCUT2D eigenvalue weighted by Crippen LogP contribution is -2.35. The van der Waals surface area contributed by atoms with Crippen molar-refractivity contribution in [3.8, 4) is 22.3 Å². The van der Waals surface area contributed by atoms with E-state index in [9.17, 15) is 0 Å². The Kier molecular flexibility index (Phi) is 8.10. The molecule has 3 aliphatic carbocycles. The molecule has 0 aliphatic heterocycles. The molecule has 0 unspecified atom stereocenters. The first-order chi connectivity index (χ1) is 28.1. The van der Waals surface area contributed by atoms with Crippen molar-refractivity contribution in [3.05, 3.63) is 184 Å². The summed E-state index contributed by atoms with van der Waals surface area (Å²) in [6, 6.07) is 56.5. The van der Waals surface area contributed by atoms with Crippen LogP contribution in [0.2, 0.25) is 0 Å². The van der Waals surface area contributed by atoms with Crippen LogP contribution in [0.5, 0.6) is 0 Å². The van der Waals surface area contributed by atoms with Crippen LogP contribution in [0.25, 0.3) is 55.8 Å². The van der Waals surface area contributed by atoms with Gasteiger partial charge in [0.1, 0.15) is 11.2 Å². The van der Waals surface area contributed by atoms with Gasteiger partial charge < -0.3 is 9.32 Å². The summed E-state index contributed by atoms with van der Waals surface area (Å²) in [7, 11) is 0. The van der Waals surface area contributed by atoms with Gasteiger partial charge in [0, 0.05) is 32.9 Å². The molecule has 0 amide bonds. The standard InChI is InChI=1S/C55H47NO/c1-55(2)46-27-10-6-24-45(46)54-47(55)28-16-31-50(54)56(48-29-11-7-21-39(48)38-33-34-43-42-23-9-13-32-51(42)57-52(43)35-38)49-30-12-8-22-41(49)44-26-15-20-37-19-14-25-40(53(37)44)36-17-4-3-5-18-36/h6-14,16,19-25,27-36H,3-5,15,17-18,26H2,1-2H3. The van der Waals surface area contributed by atoms with Crippen molar-refractivity contribution < 1.29 is 4.42 Å². The van der Waals surface area contributed by atoms with Crippen LogP contribution in [0.15, 0.2) is 156 Å². The molecule has 278 valence electrons. The second kappa shape index (κ2) is 13.5. The molecule has 2 nitrogen and oxygen atoms in total. The van der Waals surface area contributed by atoms with Crippen LogP contribution in [0.3, 0.4) is 0 Å². The molecule has 7 aromatic carbocycles. The van der Waals surface area contributed by atoms with Gasteiger partial charge in [-0.3, -0.25) is 0 Å². The van der Waals surface area contributed by atoms with Crippen molar-refractivity contribution in [2.75, 3.05) is 4.90 Å². The van der Waals surface area contributed by atoms with E-state index in [1.165, 1.54) is 92.9 Å². The molecular formula is C55H47NO. The minimum Gasteiger partial charge on any atom is -0.456 e. The van der Waals surface area contributed by atoms with Gasteiger partial charge in [-0.15, -0.1) is 0 Å². The summed E-state index contributed by atoms with van der Waals surface area (Å²) in [6.45, 7) is 4.77. The molecule has 1 aromatic heterocycles. The predicted octanol–water partition coefficient (Wildman–Crippen LogP) is 13.9. The molecule has 0 saturated heterocycles. The topological polar surface area (TPSA) is 16.4 Å². The van der Waals surface area contributed by atoms with E-state index >= 15 is 0 Å². The van der Waals surface area contributed by atoms with Crippen LogP contribution in [-0.2, 0) is 5.41 Å². The number of rotatable bonds is 6. The second-order valence-electron chi connectivity index (χ2n) is 16.9. The quantitative estimate of drug-likeness (QED) is 0.169. The molecule has 0 atom stereocenters. The van der Waals surface area contributed by atoms with Gasteiger partial charge in [-0.25, -0.2) is 0 Å². The monoisotopic (exact) mass is 737 g/mol. The van der Waals surface area contributed by atoms with Gasteiger partial charge in [0.15, 0.2) is 0 Å². The first kappa shape index (κ1) is 34.2. The normalized spacial score (nSPS) is 15.9. The van der Waals surface area contributed by atoms with Crippen LogP contribution in [0, 0.1) is 0 Å². The lowest BCUT2D eigenvalue weighted by atomic mass is 9.80. The summed E-state index contributed by atoms with van der Waals surface area (Å²) >= 11 is 0. The van der Waals surface area contributed by atoms with E-state index in [4.69, 9.17) is 4.42 Å². The molecule has 1 saturated carbocycles. The maximum atomic E-state index is 6.48. The van der Waals surface area contributed by atoms with Crippen molar-refractivity contribution in [2.24, 2.45) is 0 Å². The van der Waals surface area contributed by atoms with E-state index < -0.39 is 0 Å². The number of para-hydroxylation sites is 3. The number of hydrogen-bond acceptors (Lipinski definition) is 2. The van der Waals surface area contributed by atoms with Gasteiger partial charge in [0.05, 0.1) is 17.1 Å². The number of furan rings is 1. The fraction of sp³-hybridized carbons (Fsp3) is 0.200. The van der Waals surface area contributed by atoms with Crippen LogP contribution in [-0.4, -0.2) is 0 Å². The first-order valence-corrected chi connectivity index (χ1v) is 21.0. The Morgan fingerprint density at radius 3 is 2.09 bits per heavy atom. The average molecular weight is 738 g/mol. The van der Waals surface area contributed by atoms with Crippen molar-refractivity contribution in [1.29, 1.82) is 0 Å². The Labute approximate surface area is 335 Å². The molecule has 1 fully saturated rings. The fourth-order valence-corrected chi connectivity index (χ4v) is 10.7. The number of anilines is 3. The summed E-state index contributed by atoms with van der Waals surface area (Å²) < 4.78 is 6.48. The van der Waals surface area contributed by atoms with Crippen LogP contribution >= 0.6 is 0 Å². The lowest BCUT2D eigenvalue weighted by Gasteiger charge is -2.33. The first-order valence-electron chi connectivity index (χ1n) is 21.0. The molecule has 0 N–H and O–H groups in total. The lowest BCUT2D eigenvalue weighted by molar-refractivity contribution is 0.442. The molecule has 1 heterocycles. The number of hydrogen-bond donors (Lipinski definition) is 0. The molecule has 3 aliphatic rings. The maximum Gasteiger partial charge on any atom is 0.136 e. The fourth-order valence-electron chi connectivity index (χ4n) is 10.7. The van der Waals surface area contributed by atoms with Gasteiger partial charge in [-0.2, -0.15) is 0 Å². The Morgan fingerprint density at radius 1 is 0.561 bits per heavy atom. The second-order valence-corrected chi connectivity index (χ2v) is 16.9. The molecule has 0 radical (unpaired) electrons. The van der Waals surface area contributed by atoms with Crippen LogP contribution in [0.1, 0.15) is 87.0 Å². The van der Waals surface area contributed by atoms with Gasteiger partial charge >= 0.3 is 0 Å². The number of fused-ring (bicyclic) bond motifs is 7. The smallest absolute Gasteiger partial charge is 0.136 e.